The van der Waals surface area contributed by atoms with Gasteiger partial charge < -0.3 is 5.32 Å². The first-order valence-corrected chi connectivity index (χ1v) is 13.0. The maximum atomic E-state index is 13.4. The number of benzene rings is 2. The second kappa shape index (κ2) is 9.70. The van der Waals surface area contributed by atoms with E-state index < -0.39 is 0 Å². The Morgan fingerprint density at radius 1 is 1.17 bits per heavy atom. The predicted molar refractivity (Wildman–Crippen MR) is 141 cm³/mol. The third-order valence-corrected chi connectivity index (χ3v) is 7.53. The van der Waals surface area contributed by atoms with Crippen LogP contribution < -0.4 is 10.9 Å². The van der Waals surface area contributed by atoms with E-state index >= 15 is 0 Å². The first-order valence-electron chi connectivity index (χ1n) is 12.0. The van der Waals surface area contributed by atoms with Gasteiger partial charge in [-0.2, -0.15) is 5.10 Å². The molecule has 1 aliphatic heterocycles. The molecule has 2 aromatic heterocycles. The van der Waals surface area contributed by atoms with Gasteiger partial charge in [-0.25, -0.2) is 9.67 Å². The Hall–Kier alpha value is -3.39. The van der Waals surface area contributed by atoms with Crippen molar-refractivity contribution < 1.29 is 4.79 Å². The van der Waals surface area contributed by atoms with Crippen LogP contribution in [0.1, 0.15) is 48.9 Å². The zero-order valence-corrected chi connectivity index (χ0v) is 21.1. The first kappa shape index (κ1) is 23.4. The van der Waals surface area contributed by atoms with E-state index in [4.69, 9.17) is 4.98 Å². The molecule has 0 saturated heterocycles. The lowest BCUT2D eigenvalue weighted by Crippen LogP contribution is -2.27. The van der Waals surface area contributed by atoms with Crippen LogP contribution in [0.15, 0.2) is 58.6 Å². The van der Waals surface area contributed by atoms with Crippen molar-refractivity contribution >= 4 is 34.4 Å². The van der Waals surface area contributed by atoms with Gasteiger partial charge in [0, 0.05) is 17.9 Å². The molecule has 1 N–H and O–H groups in total. The van der Waals surface area contributed by atoms with Crippen LogP contribution in [0.5, 0.6) is 0 Å². The number of amides is 1. The number of carbonyl (C=O) groups is 1. The Balaban J connectivity index is 1.36. The van der Waals surface area contributed by atoms with Crippen LogP contribution in [-0.4, -0.2) is 31.0 Å². The maximum Gasteiger partial charge on any atom is 0.265 e. The van der Waals surface area contributed by atoms with Crippen LogP contribution in [0.25, 0.3) is 16.7 Å². The lowest BCUT2D eigenvalue weighted by atomic mass is 10.1. The molecule has 0 radical (unpaired) electrons. The monoisotopic (exact) mass is 487 g/mol. The minimum absolute atomic E-state index is 0.109. The van der Waals surface area contributed by atoms with Gasteiger partial charge in [-0.3, -0.25) is 14.2 Å². The van der Waals surface area contributed by atoms with E-state index in [1.165, 1.54) is 22.9 Å². The second-order valence-corrected chi connectivity index (χ2v) is 10.2. The van der Waals surface area contributed by atoms with Crippen molar-refractivity contribution in [3.05, 3.63) is 75.7 Å². The Morgan fingerprint density at radius 2 is 1.97 bits per heavy atom. The summed E-state index contributed by atoms with van der Waals surface area (Å²) in [5.41, 5.74) is 5.59. The minimum atomic E-state index is -0.243. The third-order valence-electron chi connectivity index (χ3n) is 6.43. The van der Waals surface area contributed by atoms with E-state index in [2.05, 4.69) is 35.5 Å². The molecule has 0 saturated carbocycles. The zero-order valence-electron chi connectivity index (χ0n) is 20.2. The summed E-state index contributed by atoms with van der Waals surface area (Å²) < 4.78 is 3.39. The number of fused-ring (bicyclic) bond motifs is 2. The van der Waals surface area contributed by atoms with Crippen molar-refractivity contribution in [2.24, 2.45) is 0 Å². The fraction of sp³-hybridized carbons (Fsp3) is 0.333. The molecule has 1 atom stereocenters. The summed E-state index contributed by atoms with van der Waals surface area (Å²) in [4.78, 5) is 31.0. The van der Waals surface area contributed by atoms with Crippen molar-refractivity contribution in [3.63, 3.8) is 0 Å². The van der Waals surface area contributed by atoms with E-state index in [1.54, 1.807) is 15.4 Å². The molecule has 1 aliphatic rings. The van der Waals surface area contributed by atoms with Gasteiger partial charge in [-0.1, -0.05) is 54.9 Å². The zero-order chi connectivity index (χ0) is 24.5. The Bertz CT molecular complexity index is 1460. The molecule has 5 rings (SSSR count). The van der Waals surface area contributed by atoms with Gasteiger partial charge in [0.05, 0.1) is 17.9 Å². The number of anilines is 1. The number of hydrogen-bond acceptors (Lipinski definition) is 5. The average Bonchev–Trinajstić information content (AvgIpc) is 3.44. The quantitative estimate of drug-likeness (QED) is 0.362. The molecular formula is C27H29N5O2S. The Morgan fingerprint density at radius 3 is 2.71 bits per heavy atom. The first-order chi connectivity index (χ1) is 16.9. The van der Waals surface area contributed by atoms with Crippen molar-refractivity contribution in [1.82, 2.24) is 19.3 Å². The SMILES string of the molecule is CCCCc1ccc(NC(=O)CC2CSc3nc4c(cnn4-c4ccc(C)cc4C)c(=O)n32)cc1. The van der Waals surface area contributed by atoms with Gasteiger partial charge >= 0.3 is 0 Å². The number of rotatable bonds is 7. The maximum absolute atomic E-state index is 13.4. The highest BCUT2D eigenvalue weighted by atomic mass is 32.2. The molecule has 180 valence electrons. The van der Waals surface area contributed by atoms with Crippen LogP contribution in [0.4, 0.5) is 5.69 Å². The topological polar surface area (TPSA) is 81.8 Å². The number of aromatic nitrogens is 4. The highest BCUT2D eigenvalue weighted by Crippen LogP contribution is 2.34. The summed E-state index contributed by atoms with van der Waals surface area (Å²) in [6.07, 6.45) is 5.16. The number of aryl methyl sites for hydroxylation is 3. The number of hydrogen-bond donors (Lipinski definition) is 1. The molecule has 0 spiro atoms. The van der Waals surface area contributed by atoms with E-state index in [1.807, 2.05) is 38.1 Å². The molecule has 0 bridgehead atoms. The number of carbonyl (C=O) groups excluding carboxylic acids is 1. The van der Waals surface area contributed by atoms with Crippen molar-refractivity contribution in [2.75, 3.05) is 11.1 Å². The normalized spacial score (nSPS) is 14.9. The van der Waals surface area contributed by atoms with Crippen LogP contribution >= 0.6 is 11.8 Å². The fourth-order valence-electron chi connectivity index (χ4n) is 4.56. The molecule has 3 heterocycles. The van der Waals surface area contributed by atoms with E-state index in [0.29, 0.717) is 21.9 Å². The van der Waals surface area contributed by atoms with Crippen LogP contribution in [0, 0.1) is 13.8 Å². The van der Waals surface area contributed by atoms with Gasteiger partial charge in [-0.15, -0.1) is 0 Å². The summed E-state index contributed by atoms with van der Waals surface area (Å²) in [6, 6.07) is 13.9. The second-order valence-electron chi connectivity index (χ2n) is 9.17. The van der Waals surface area contributed by atoms with Gasteiger partial charge in [0.1, 0.15) is 5.39 Å². The molecule has 8 heteroatoms. The number of nitrogens with zero attached hydrogens (tertiary/aromatic N) is 4. The van der Waals surface area contributed by atoms with Crippen LogP contribution in [0.3, 0.4) is 0 Å². The standard InChI is InChI=1S/C27H29N5O2S/c1-4-5-6-19-8-10-20(11-9-19)29-24(33)14-21-16-35-27-30-25-22(26(34)31(21)27)15-28-32(25)23-12-7-17(2)13-18(23)3/h7-13,15,21H,4-6,14,16H2,1-3H3,(H,29,33). The van der Waals surface area contributed by atoms with Gasteiger partial charge in [0.25, 0.3) is 5.56 Å². The lowest BCUT2D eigenvalue weighted by molar-refractivity contribution is -0.116. The Kier molecular flexibility index (Phi) is 6.47. The average molecular weight is 488 g/mol. The predicted octanol–water partition coefficient (Wildman–Crippen LogP) is 5.22. The number of nitrogens with one attached hydrogen (secondary N) is 1. The molecule has 4 aromatic rings. The van der Waals surface area contributed by atoms with Crippen molar-refractivity contribution in [2.45, 2.75) is 57.7 Å². The number of unbranched alkanes of at least 4 members (excludes halogenated alkanes) is 1. The van der Waals surface area contributed by atoms with Gasteiger partial charge in [0.2, 0.25) is 5.91 Å². The molecule has 35 heavy (non-hydrogen) atoms. The Labute approximate surface area is 208 Å². The molecule has 7 nitrogen and oxygen atoms in total. The lowest BCUT2D eigenvalue weighted by Gasteiger charge is -2.14. The molecule has 1 unspecified atom stereocenters. The van der Waals surface area contributed by atoms with E-state index in [-0.39, 0.29) is 23.9 Å². The van der Waals surface area contributed by atoms with Crippen LogP contribution in [-0.2, 0) is 11.2 Å². The summed E-state index contributed by atoms with van der Waals surface area (Å²) in [5.74, 6) is 0.526. The number of thioether (sulfide) groups is 1. The van der Waals surface area contributed by atoms with Crippen LogP contribution in [0.2, 0.25) is 0 Å². The van der Waals surface area contributed by atoms with Crippen molar-refractivity contribution in [1.29, 1.82) is 0 Å². The minimum Gasteiger partial charge on any atom is -0.326 e. The summed E-state index contributed by atoms with van der Waals surface area (Å²) in [6.45, 7) is 6.25. The molecular weight excluding hydrogens is 458 g/mol. The molecule has 0 aliphatic carbocycles. The van der Waals surface area contributed by atoms with E-state index in [9.17, 15) is 9.59 Å². The van der Waals surface area contributed by atoms with Crippen molar-refractivity contribution in [3.8, 4) is 5.69 Å². The molecule has 1 amide bonds. The highest BCUT2D eigenvalue weighted by molar-refractivity contribution is 7.99. The summed E-state index contributed by atoms with van der Waals surface area (Å²) in [7, 11) is 0. The van der Waals surface area contributed by atoms with Gasteiger partial charge in [-0.05, 0) is 56.0 Å². The summed E-state index contributed by atoms with van der Waals surface area (Å²) >= 11 is 1.51. The largest absolute Gasteiger partial charge is 0.326 e. The third kappa shape index (κ3) is 4.62. The summed E-state index contributed by atoms with van der Waals surface area (Å²) in [5, 5.41) is 8.55. The van der Waals surface area contributed by atoms with E-state index in [0.717, 1.165) is 36.2 Å². The van der Waals surface area contributed by atoms with Gasteiger partial charge in [0.15, 0.2) is 10.8 Å². The highest BCUT2D eigenvalue weighted by Gasteiger charge is 2.29. The fourth-order valence-corrected chi connectivity index (χ4v) is 5.69. The molecule has 2 aromatic carbocycles. The smallest absolute Gasteiger partial charge is 0.265 e. The molecule has 0 fully saturated rings.